The van der Waals surface area contributed by atoms with E-state index in [9.17, 15) is 0 Å². The van der Waals surface area contributed by atoms with Crippen molar-refractivity contribution in [2.24, 2.45) is 4.99 Å². The van der Waals surface area contributed by atoms with Gasteiger partial charge in [0.2, 0.25) is 0 Å². The van der Waals surface area contributed by atoms with E-state index in [0.717, 1.165) is 42.8 Å². The molecule has 134 valence electrons. The van der Waals surface area contributed by atoms with Crippen LogP contribution in [-0.2, 0) is 16.0 Å². The zero-order chi connectivity index (χ0) is 16.2. The summed E-state index contributed by atoms with van der Waals surface area (Å²) in [6, 6.07) is 0. The molecular formula is C15H29IN4O2S. The van der Waals surface area contributed by atoms with Gasteiger partial charge in [-0.15, -0.1) is 35.3 Å². The second kappa shape index (κ2) is 13.9. The molecule has 1 aromatic rings. The molecule has 6 nitrogen and oxygen atoms in total. The van der Waals surface area contributed by atoms with E-state index in [1.54, 1.807) is 18.4 Å². The number of aliphatic imine (C=N–C) groups is 1. The molecule has 0 amide bonds. The number of aryl methyl sites for hydroxylation is 2. The predicted octanol–water partition coefficient (Wildman–Crippen LogP) is 2.49. The lowest BCUT2D eigenvalue weighted by molar-refractivity contribution is 0.0698. The Hall–Kier alpha value is -0.450. The van der Waals surface area contributed by atoms with Gasteiger partial charge in [0.05, 0.1) is 25.5 Å². The molecule has 0 spiro atoms. The number of rotatable bonds is 10. The molecule has 0 bridgehead atoms. The number of nitrogens with zero attached hydrogens (tertiary/aromatic N) is 2. The van der Waals surface area contributed by atoms with Gasteiger partial charge in [-0.2, -0.15) is 0 Å². The highest BCUT2D eigenvalue weighted by Gasteiger charge is 2.03. The van der Waals surface area contributed by atoms with Crippen molar-refractivity contribution in [3.63, 3.8) is 0 Å². The average Bonchev–Trinajstić information content (AvgIpc) is 2.82. The first-order valence-electron chi connectivity index (χ1n) is 7.69. The highest BCUT2D eigenvalue weighted by Crippen LogP contribution is 2.16. The largest absolute Gasteiger partial charge is 0.382 e. The van der Waals surface area contributed by atoms with Crippen molar-refractivity contribution in [3.05, 3.63) is 15.6 Å². The topological polar surface area (TPSA) is 67.8 Å². The molecule has 0 aliphatic carbocycles. The van der Waals surface area contributed by atoms with Crippen LogP contribution in [0.5, 0.6) is 0 Å². The Morgan fingerprint density at radius 1 is 1.22 bits per heavy atom. The minimum Gasteiger partial charge on any atom is -0.382 e. The standard InChI is InChI=1S/C15H28N4O2S.HI/c1-5-16-15(17-7-6-8-21-10-9-20-4)18-11-14-19-12(2)13(3)22-14;/h5-11H2,1-4H3,(H2,16,17,18);1H. The molecule has 1 rings (SSSR count). The molecule has 0 radical (unpaired) electrons. The van der Waals surface area contributed by atoms with Gasteiger partial charge in [0.25, 0.3) is 0 Å². The summed E-state index contributed by atoms with van der Waals surface area (Å²) in [6.45, 7) is 10.5. The van der Waals surface area contributed by atoms with E-state index < -0.39 is 0 Å². The second-order valence-electron chi connectivity index (χ2n) is 4.83. The molecule has 1 aromatic heterocycles. The van der Waals surface area contributed by atoms with Crippen molar-refractivity contribution in [3.8, 4) is 0 Å². The lowest BCUT2D eigenvalue weighted by Gasteiger charge is -2.11. The molecule has 2 N–H and O–H groups in total. The van der Waals surface area contributed by atoms with Crippen LogP contribution in [0, 0.1) is 13.8 Å². The summed E-state index contributed by atoms with van der Waals surface area (Å²) in [5.74, 6) is 0.824. The number of ether oxygens (including phenoxy) is 2. The number of thiazole rings is 1. The predicted molar refractivity (Wildman–Crippen MR) is 107 cm³/mol. The fourth-order valence-corrected chi connectivity index (χ4v) is 2.58. The van der Waals surface area contributed by atoms with Crippen LogP contribution in [0.25, 0.3) is 0 Å². The first-order valence-corrected chi connectivity index (χ1v) is 8.50. The monoisotopic (exact) mass is 456 g/mol. The van der Waals surface area contributed by atoms with Crippen LogP contribution < -0.4 is 10.6 Å². The Morgan fingerprint density at radius 2 is 2.00 bits per heavy atom. The molecule has 0 unspecified atom stereocenters. The normalized spacial score (nSPS) is 11.2. The number of methoxy groups -OCH3 is 1. The van der Waals surface area contributed by atoms with E-state index in [-0.39, 0.29) is 24.0 Å². The minimum absolute atomic E-state index is 0. The molecule has 1 heterocycles. The van der Waals surface area contributed by atoms with Crippen molar-refractivity contribution in [1.82, 2.24) is 15.6 Å². The molecule has 0 saturated carbocycles. The van der Waals surface area contributed by atoms with Gasteiger partial charge in [-0.1, -0.05) is 0 Å². The van der Waals surface area contributed by atoms with Crippen molar-refractivity contribution in [2.75, 3.05) is 40.0 Å². The molecule has 0 atom stereocenters. The van der Waals surface area contributed by atoms with E-state index in [1.165, 1.54) is 4.88 Å². The molecule has 0 aliphatic heterocycles. The average molecular weight is 456 g/mol. The third kappa shape index (κ3) is 10.1. The summed E-state index contributed by atoms with van der Waals surface area (Å²) in [5.41, 5.74) is 1.10. The van der Waals surface area contributed by atoms with Crippen LogP contribution in [0.2, 0.25) is 0 Å². The van der Waals surface area contributed by atoms with E-state index >= 15 is 0 Å². The summed E-state index contributed by atoms with van der Waals surface area (Å²) < 4.78 is 10.4. The van der Waals surface area contributed by atoms with Crippen LogP contribution >= 0.6 is 35.3 Å². The van der Waals surface area contributed by atoms with E-state index in [4.69, 9.17) is 9.47 Å². The molecule has 0 saturated heterocycles. The summed E-state index contributed by atoms with van der Waals surface area (Å²) in [5, 5.41) is 7.60. The van der Waals surface area contributed by atoms with Gasteiger partial charge in [-0.25, -0.2) is 9.98 Å². The summed E-state index contributed by atoms with van der Waals surface area (Å²) >= 11 is 1.71. The molecular weight excluding hydrogens is 427 g/mol. The number of hydrogen-bond donors (Lipinski definition) is 2. The van der Waals surface area contributed by atoms with Crippen molar-refractivity contribution in [1.29, 1.82) is 0 Å². The van der Waals surface area contributed by atoms with Crippen LogP contribution in [-0.4, -0.2) is 51.0 Å². The van der Waals surface area contributed by atoms with Gasteiger partial charge in [0, 0.05) is 31.7 Å². The highest BCUT2D eigenvalue weighted by molar-refractivity contribution is 14.0. The number of guanidine groups is 1. The lowest BCUT2D eigenvalue weighted by Crippen LogP contribution is -2.38. The van der Waals surface area contributed by atoms with Crippen molar-refractivity contribution in [2.45, 2.75) is 33.7 Å². The Kier molecular flexibility index (Phi) is 13.7. The lowest BCUT2D eigenvalue weighted by atomic mass is 10.4. The number of hydrogen-bond acceptors (Lipinski definition) is 5. The quantitative estimate of drug-likeness (QED) is 0.245. The first kappa shape index (κ1) is 22.6. The van der Waals surface area contributed by atoms with Crippen LogP contribution in [0.4, 0.5) is 0 Å². The second-order valence-corrected chi connectivity index (χ2v) is 6.12. The maximum absolute atomic E-state index is 5.43. The SMILES string of the molecule is CCNC(=NCc1nc(C)c(C)s1)NCCCOCCOC.I. The van der Waals surface area contributed by atoms with Gasteiger partial charge >= 0.3 is 0 Å². The van der Waals surface area contributed by atoms with E-state index in [1.807, 2.05) is 6.92 Å². The fraction of sp³-hybridized carbons (Fsp3) is 0.733. The zero-order valence-corrected chi connectivity index (χ0v) is 17.6. The third-order valence-corrected chi connectivity index (χ3v) is 4.04. The molecule has 23 heavy (non-hydrogen) atoms. The Labute approximate surface area is 160 Å². The van der Waals surface area contributed by atoms with Crippen LogP contribution in [0.15, 0.2) is 4.99 Å². The summed E-state index contributed by atoms with van der Waals surface area (Å²) in [4.78, 5) is 10.3. The Bertz CT molecular complexity index is 435. The molecule has 0 aliphatic rings. The zero-order valence-electron chi connectivity index (χ0n) is 14.5. The highest BCUT2D eigenvalue weighted by atomic mass is 127. The molecule has 8 heteroatoms. The van der Waals surface area contributed by atoms with Gasteiger partial charge in [0.1, 0.15) is 5.01 Å². The summed E-state index contributed by atoms with van der Waals surface area (Å²) in [7, 11) is 1.68. The molecule has 0 aromatic carbocycles. The van der Waals surface area contributed by atoms with E-state index in [2.05, 4.69) is 34.5 Å². The Balaban J connectivity index is 0.00000484. The number of nitrogens with one attached hydrogen (secondary N) is 2. The van der Waals surface area contributed by atoms with Gasteiger partial charge in [-0.05, 0) is 27.2 Å². The maximum atomic E-state index is 5.43. The number of aromatic nitrogens is 1. The maximum Gasteiger partial charge on any atom is 0.191 e. The molecule has 0 fully saturated rings. The number of halogens is 1. The smallest absolute Gasteiger partial charge is 0.191 e. The fourth-order valence-electron chi connectivity index (χ4n) is 1.72. The Morgan fingerprint density at radius 3 is 2.61 bits per heavy atom. The minimum atomic E-state index is 0. The van der Waals surface area contributed by atoms with Gasteiger partial charge in [0.15, 0.2) is 5.96 Å². The third-order valence-electron chi connectivity index (χ3n) is 2.98. The van der Waals surface area contributed by atoms with Crippen molar-refractivity contribution >= 4 is 41.3 Å². The van der Waals surface area contributed by atoms with Crippen molar-refractivity contribution < 1.29 is 9.47 Å². The summed E-state index contributed by atoms with van der Waals surface area (Å²) in [6.07, 6.45) is 0.934. The first-order chi connectivity index (χ1) is 10.7. The van der Waals surface area contributed by atoms with Crippen LogP contribution in [0.1, 0.15) is 28.9 Å². The van der Waals surface area contributed by atoms with Gasteiger partial charge < -0.3 is 20.1 Å². The van der Waals surface area contributed by atoms with Gasteiger partial charge in [-0.3, -0.25) is 0 Å². The van der Waals surface area contributed by atoms with Crippen LogP contribution in [0.3, 0.4) is 0 Å². The van der Waals surface area contributed by atoms with E-state index in [0.29, 0.717) is 19.8 Å².